The third-order valence-electron chi connectivity index (χ3n) is 7.64. The third kappa shape index (κ3) is 4.71. The summed E-state index contributed by atoms with van der Waals surface area (Å²) in [5.74, 6) is 0.567. The van der Waals surface area contributed by atoms with Gasteiger partial charge in [-0.15, -0.1) is 0 Å². The van der Waals surface area contributed by atoms with Gasteiger partial charge in [0.15, 0.2) is 5.69 Å². The number of pyridine rings is 1. The van der Waals surface area contributed by atoms with Crippen LogP contribution in [0.25, 0.3) is 11.1 Å². The molecule has 40 heavy (non-hydrogen) atoms. The summed E-state index contributed by atoms with van der Waals surface area (Å²) in [4.78, 5) is 24.9. The standard InChI is InChI=1S/C30H29F3N6O/c1-4-38-17-25(28(36-38)30(31,32)33)23-14-20(16-37-12-10-34-19(37)3)15-24-22(23)8-11-39(29(24)40)27(21-5-6-21)26-13-18(2)7-9-35-26/h5,7,9-10,12-15,17,27H,4,6,8,11,16H2,1-3H3/t27-/m0/s1. The Morgan fingerprint density at radius 1 is 1.05 bits per heavy atom. The van der Waals surface area contributed by atoms with Gasteiger partial charge in [0.05, 0.1) is 11.7 Å². The number of halogens is 3. The molecule has 1 atom stereocenters. The van der Waals surface area contributed by atoms with Crippen molar-refractivity contribution in [2.45, 2.75) is 58.9 Å². The predicted molar refractivity (Wildman–Crippen MR) is 144 cm³/mol. The molecule has 1 aliphatic carbocycles. The number of benzene rings is 1. The summed E-state index contributed by atoms with van der Waals surface area (Å²) in [6.07, 6.45) is 5.38. The molecule has 0 unspecified atom stereocenters. The first-order chi connectivity index (χ1) is 19.1. The smallest absolute Gasteiger partial charge is 0.331 e. The molecule has 6 rings (SSSR count). The van der Waals surface area contributed by atoms with Gasteiger partial charge in [0.2, 0.25) is 0 Å². The molecule has 10 heteroatoms. The van der Waals surface area contributed by atoms with Gasteiger partial charge >= 0.3 is 6.18 Å². The van der Waals surface area contributed by atoms with Crippen molar-refractivity contribution in [2.24, 2.45) is 0 Å². The first-order valence-corrected chi connectivity index (χ1v) is 13.3. The highest BCUT2D eigenvalue weighted by Crippen LogP contribution is 2.43. The molecule has 0 N–H and O–H groups in total. The van der Waals surface area contributed by atoms with Gasteiger partial charge in [0.25, 0.3) is 5.91 Å². The Hall–Kier alpha value is -4.21. The molecule has 7 nitrogen and oxygen atoms in total. The summed E-state index contributed by atoms with van der Waals surface area (Å²) >= 11 is 0. The molecule has 1 aromatic carbocycles. The monoisotopic (exact) mass is 546 g/mol. The van der Waals surface area contributed by atoms with Crippen LogP contribution in [-0.2, 0) is 25.7 Å². The normalized spacial score (nSPS) is 15.7. The van der Waals surface area contributed by atoms with Crippen molar-refractivity contribution in [3.05, 3.63) is 100 Å². The Balaban J connectivity index is 1.50. The zero-order valence-electron chi connectivity index (χ0n) is 22.5. The van der Waals surface area contributed by atoms with Crippen molar-refractivity contribution in [1.29, 1.82) is 0 Å². The van der Waals surface area contributed by atoms with Crippen LogP contribution >= 0.6 is 0 Å². The van der Waals surface area contributed by atoms with Gasteiger partial charge in [-0.2, -0.15) is 18.3 Å². The highest BCUT2D eigenvalue weighted by atomic mass is 19.4. The second kappa shape index (κ2) is 9.76. The van der Waals surface area contributed by atoms with Crippen LogP contribution in [0.5, 0.6) is 0 Å². The third-order valence-corrected chi connectivity index (χ3v) is 7.64. The number of nitrogens with zero attached hydrogens (tertiary/aromatic N) is 6. The van der Waals surface area contributed by atoms with E-state index in [-0.39, 0.29) is 17.5 Å². The highest BCUT2D eigenvalue weighted by Gasteiger charge is 2.40. The van der Waals surface area contributed by atoms with E-state index in [0.29, 0.717) is 42.7 Å². The molecular weight excluding hydrogens is 517 g/mol. The molecular formula is C30H29F3N6O. The molecule has 3 aromatic heterocycles. The Morgan fingerprint density at radius 3 is 2.48 bits per heavy atom. The Labute approximate surface area is 230 Å². The number of rotatable bonds is 7. The van der Waals surface area contributed by atoms with Crippen LogP contribution in [0.1, 0.15) is 63.6 Å². The average Bonchev–Trinajstić information content (AvgIpc) is 3.50. The Kier molecular flexibility index (Phi) is 6.35. The van der Waals surface area contributed by atoms with Crippen LogP contribution in [0.4, 0.5) is 13.2 Å². The number of hydrogen-bond donors (Lipinski definition) is 0. The lowest BCUT2D eigenvalue weighted by atomic mass is 9.87. The maximum Gasteiger partial charge on any atom is 0.435 e. The molecule has 1 amide bonds. The molecule has 0 saturated heterocycles. The van der Waals surface area contributed by atoms with E-state index in [2.05, 4.69) is 21.1 Å². The van der Waals surface area contributed by atoms with Gasteiger partial charge < -0.3 is 9.47 Å². The lowest BCUT2D eigenvalue weighted by Crippen LogP contribution is -2.41. The molecule has 0 spiro atoms. The first-order valence-electron chi connectivity index (χ1n) is 13.3. The number of carbonyl (C=O) groups excluding carboxylic acids is 1. The van der Waals surface area contributed by atoms with Crippen LogP contribution in [0.15, 0.2) is 60.7 Å². The van der Waals surface area contributed by atoms with E-state index >= 15 is 0 Å². The lowest BCUT2D eigenvalue weighted by molar-refractivity contribution is -0.141. The highest BCUT2D eigenvalue weighted by molar-refractivity contribution is 5.99. The SMILES string of the molecule is CCn1cc(-c2cc(Cn3ccnc3C)cc3c2CCN([C@@H](C2=CC2)c2cc(C)ccn2)C3=O)c(C(F)(F)F)n1. The molecule has 4 heterocycles. The van der Waals surface area contributed by atoms with Crippen molar-refractivity contribution in [3.63, 3.8) is 0 Å². The van der Waals surface area contributed by atoms with E-state index < -0.39 is 11.9 Å². The van der Waals surface area contributed by atoms with E-state index in [1.54, 1.807) is 25.4 Å². The first kappa shape index (κ1) is 26.0. The summed E-state index contributed by atoms with van der Waals surface area (Å²) in [5.41, 5.74) is 4.21. The number of aryl methyl sites for hydroxylation is 3. The second-order valence-corrected chi connectivity index (χ2v) is 10.4. The summed E-state index contributed by atoms with van der Waals surface area (Å²) in [7, 11) is 0. The topological polar surface area (TPSA) is 68.8 Å². The minimum absolute atomic E-state index is 0.00199. The van der Waals surface area contributed by atoms with Gasteiger partial charge in [-0.25, -0.2) is 4.98 Å². The fourth-order valence-electron chi connectivity index (χ4n) is 5.56. The van der Waals surface area contributed by atoms with Gasteiger partial charge in [-0.1, -0.05) is 6.08 Å². The van der Waals surface area contributed by atoms with Crippen molar-refractivity contribution >= 4 is 5.91 Å². The molecule has 2 aliphatic rings. The summed E-state index contributed by atoms with van der Waals surface area (Å²) in [6, 6.07) is 7.21. The van der Waals surface area contributed by atoms with Gasteiger partial charge in [0, 0.05) is 55.5 Å². The summed E-state index contributed by atoms with van der Waals surface area (Å²) < 4.78 is 45.7. The van der Waals surface area contributed by atoms with Crippen LogP contribution in [0.2, 0.25) is 0 Å². The molecule has 206 valence electrons. The number of amides is 1. The molecule has 0 fully saturated rings. The van der Waals surface area contributed by atoms with Gasteiger partial charge in [0.1, 0.15) is 5.82 Å². The number of alkyl halides is 3. The van der Waals surface area contributed by atoms with E-state index in [1.165, 1.54) is 10.9 Å². The van der Waals surface area contributed by atoms with E-state index in [9.17, 15) is 18.0 Å². The molecule has 0 bridgehead atoms. The Morgan fingerprint density at radius 2 is 1.82 bits per heavy atom. The fraction of sp³-hybridized carbons (Fsp3) is 0.333. The number of fused-ring (bicyclic) bond motifs is 1. The predicted octanol–water partition coefficient (Wildman–Crippen LogP) is 5.92. The summed E-state index contributed by atoms with van der Waals surface area (Å²) in [5, 5.41) is 3.85. The van der Waals surface area contributed by atoms with Gasteiger partial charge in [-0.3, -0.25) is 14.5 Å². The number of hydrogen-bond acceptors (Lipinski definition) is 4. The number of imidazole rings is 1. The number of allylic oxidation sites excluding steroid dienone is 1. The van der Waals surface area contributed by atoms with Crippen molar-refractivity contribution in [2.75, 3.05) is 6.54 Å². The Bertz CT molecular complexity index is 1650. The van der Waals surface area contributed by atoms with E-state index in [0.717, 1.165) is 34.6 Å². The number of aromatic nitrogens is 5. The molecule has 0 radical (unpaired) electrons. The van der Waals surface area contributed by atoms with Crippen LogP contribution in [0.3, 0.4) is 0 Å². The van der Waals surface area contributed by atoms with Crippen LogP contribution < -0.4 is 0 Å². The minimum atomic E-state index is -4.63. The average molecular weight is 547 g/mol. The zero-order chi connectivity index (χ0) is 28.2. The molecule has 1 aliphatic heterocycles. The largest absolute Gasteiger partial charge is 0.435 e. The molecule has 4 aromatic rings. The van der Waals surface area contributed by atoms with Crippen LogP contribution in [-0.4, -0.2) is 41.7 Å². The van der Waals surface area contributed by atoms with Crippen molar-refractivity contribution in [3.8, 4) is 11.1 Å². The van der Waals surface area contributed by atoms with E-state index in [1.807, 2.05) is 47.7 Å². The maximum atomic E-state index is 14.2. The van der Waals surface area contributed by atoms with Gasteiger partial charge in [-0.05, 0) is 85.7 Å². The van der Waals surface area contributed by atoms with E-state index in [4.69, 9.17) is 0 Å². The van der Waals surface area contributed by atoms with Crippen molar-refractivity contribution in [1.82, 2.24) is 29.2 Å². The molecule has 0 saturated carbocycles. The minimum Gasteiger partial charge on any atom is -0.331 e. The number of carbonyl (C=O) groups is 1. The maximum absolute atomic E-state index is 14.2. The van der Waals surface area contributed by atoms with Crippen molar-refractivity contribution < 1.29 is 18.0 Å². The zero-order valence-corrected chi connectivity index (χ0v) is 22.5. The van der Waals surface area contributed by atoms with Crippen LogP contribution in [0, 0.1) is 13.8 Å². The lowest BCUT2D eigenvalue weighted by Gasteiger charge is -2.35. The quantitative estimate of drug-likeness (QED) is 0.270. The fourth-order valence-corrected chi connectivity index (χ4v) is 5.56. The second-order valence-electron chi connectivity index (χ2n) is 10.4. The summed E-state index contributed by atoms with van der Waals surface area (Å²) in [6.45, 7) is 6.64.